The zero-order valence-electron chi connectivity index (χ0n) is 18.3. The highest BCUT2D eigenvalue weighted by molar-refractivity contribution is 6.35. The largest absolute Gasteiger partial charge is 0.369 e. The lowest BCUT2D eigenvalue weighted by molar-refractivity contribution is -0.313. The molecule has 2 aromatic heterocycles. The van der Waals surface area contributed by atoms with Crippen molar-refractivity contribution in [3.05, 3.63) is 107 Å². The number of nitrogens with zero attached hydrogens (tertiary/aromatic N) is 3. The van der Waals surface area contributed by atoms with Crippen molar-refractivity contribution in [2.45, 2.75) is 25.0 Å². The van der Waals surface area contributed by atoms with Gasteiger partial charge in [-0.2, -0.15) is 0 Å². The molecule has 5 rings (SSSR count). The van der Waals surface area contributed by atoms with Crippen LogP contribution in [0.15, 0.2) is 85.7 Å². The first-order chi connectivity index (χ1) is 16.6. The highest BCUT2D eigenvalue weighted by Crippen LogP contribution is 2.38. The highest BCUT2D eigenvalue weighted by Gasteiger charge is 2.42. The first-order valence-corrected chi connectivity index (χ1v) is 11.7. The maximum atomic E-state index is 6.52. The minimum Gasteiger partial charge on any atom is -0.369 e. The average molecular weight is 496 g/mol. The fourth-order valence-electron chi connectivity index (χ4n) is 3.94. The van der Waals surface area contributed by atoms with E-state index >= 15 is 0 Å². The van der Waals surface area contributed by atoms with Gasteiger partial charge in [-0.3, -0.25) is 4.98 Å². The lowest BCUT2D eigenvalue weighted by Gasteiger charge is -2.40. The Morgan fingerprint density at radius 2 is 1.65 bits per heavy atom. The van der Waals surface area contributed by atoms with Gasteiger partial charge < -0.3 is 18.8 Å². The number of benzene rings is 2. The standard InChI is InChI=1S/C26H23Cl2N3O3/c27-22-5-6-24(25(28)13-22)26(17-31-12-11-30-18-31)33-15-23(16-34-26)32-14-19-1-3-20(4-2-19)21-7-9-29-10-8-21/h1-13,18,23H,14-17H2/t23-,26+. The second-order valence-corrected chi connectivity index (χ2v) is 8.94. The number of hydrogen-bond donors (Lipinski definition) is 0. The normalized spacial score (nSPS) is 20.4. The number of imidazole rings is 1. The van der Waals surface area contributed by atoms with Gasteiger partial charge in [0.1, 0.15) is 6.10 Å². The van der Waals surface area contributed by atoms with Gasteiger partial charge >= 0.3 is 0 Å². The van der Waals surface area contributed by atoms with E-state index in [0.717, 1.165) is 22.3 Å². The first kappa shape index (κ1) is 23.0. The molecule has 34 heavy (non-hydrogen) atoms. The molecular formula is C26H23Cl2N3O3. The van der Waals surface area contributed by atoms with Crippen molar-refractivity contribution in [1.29, 1.82) is 0 Å². The van der Waals surface area contributed by atoms with Crippen molar-refractivity contribution in [2.75, 3.05) is 13.2 Å². The summed E-state index contributed by atoms with van der Waals surface area (Å²) < 4.78 is 20.6. The van der Waals surface area contributed by atoms with Gasteiger partial charge in [0.2, 0.25) is 5.79 Å². The van der Waals surface area contributed by atoms with E-state index in [1.807, 2.05) is 29.0 Å². The van der Waals surface area contributed by atoms with Crippen LogP contribution in [0.2, 0.25) is 10.0 Å². The van der Waals surface area contributed by atoms with Crippen molar-refractivity contribution >= 4 is 23.2 Å². The summed E-state index contributed by atoms with van der Waals surface area (Å²) in [5.74, 6) is -1.06. The summed E-state index contributed by atoms with van der Waals surface area (Å²) in [6.07, 6.45) is 8.67. The van der Waals surface area contributed by atoms with E-state index in [1.165, 1.54) is 0 Å². The summed E-state index contributed by atoms with van der Waals surface area (Å²) >= 11 is 12.6. The van der Waals surface area contributed by atoms with Crippen LogP contribution in [0.3, 0.4) is 0 Å². The highest BCUT2D eigenvalue weighted by atomic mass is 35.5. The predicted molar refractivity (Wildman–Crippen MR) is 131 cm³/mol. The Morgan fingerprint density at radius 3 is 2.32 bits per heavy atom. The monoisotopic (exact) mass is 495 g/mol. The van der Waals surface area contributed by atoms with E-state index in [-0.39, 0.29) is 6.10 Å². The van der Waals surface area contributed by atoms with E-state index in [9.17, 15) is 0 Å². The average Bonchev–Trinajstić information content (AvgIpc) is 3.37. The summed E-state index contributed by atoms with van der Waals surface area (Å²) in [5.41, 5.74) is 4.07. The molecule has 2 aromatic carbocycles. The molecule has 0 saturated carbocycles. The van der Waals surface area contributed by atoms with Crippen LogP contribution in [0.4, 0.5) is 0 Å². The van der Waals surface area contributed by atoms with Crippen LogP contribution in [-0.4, -0.2) is 33.9 Å². The van der Waals surface area contributed by atoms with Crippen LogP contribution < -0.4 is 0 Å². The van der Waals surface area contributed by atoms with E-state index in [1.54, 1.807) is 37.1 Å². The summed E-state index contributed by atoms with van der Waals surface area (Å²) in [7, 11) is 0. The van der Waals surface area contributed by atoms with E-state index in [4.69, 9.17) is 37.4 Å². The number of ether oxygens (including phenoxy) is 3. The molecular weight excluding hydrogens is 473 g/mol. The Morgan fingerprint density at radius 1 is 0.912 bits per heavy atom. The number of aromatic nitrogens is 3. The van der Waals surface area contributed by atoms with Crippen molar-refractivity contribution in [2.24, 2.45) is 0 Å². The van der Waals surface area contributed by atoms with Crippen LogP contribution in [0.1, 0.15) is 11.1 Å². The van der Waals surface area contributed by atoms with Crippen LogP contribution in [0.5, 0.6) is 0 Å². The van der Waals surface area contributed by atoms with Crippen LogP contribution >= 0.6 is 23.2 Å². The van der Waals surface area contributed by atoms with Crippen molar-refractivity contribution < 1.29 is 14.2 Å². The molecule has 1 aliphatic heterocycles. The molecule has 4 aromatic rings. The smallest absolute Gasteiger partial charge is 0.215 e. The Balaban J connectivity index is 1.24. The van der Waals surface area contributed by atoms with Gasteiger partial charge in [-0.1, -0.05) is 53.5 Å². The Labute approximate surface area is 208 Å². The van der Waals surface area contributed by atoms with Gasteiger partial charge in [-0.05, 0) is 41.0 Å². The molecule has 0 N–H and O–H groups in total. The lowest BCUT2D eigenvalue weighted by atomic mass is 10.0. The molecule has 1 fully saturated rings. The van der Waals surface area contributed by atoms with Gasteiger partial charge in [0, 0.05) is 35.4 Å². The Bertz CT molecular complexity index is 1210. The molecule has 1 saturated heterocycles. The van der Waals surface area contributed by atoms with Gasteiger partial charge in [-0.15, -0.1) is 0 Å². The SMILES string of the molecule is Clc1ccc([C@]2(Cn3ccnc3)OC[C@H](OCc3ccc(-c4ccncc4)cc3)CO2)c(Cl)c1. The number of halogens is 2. The second-order valence-electron chi connectivity index (χ2n) is 8.10. The minimum absolute atomic E-state index is 0.207. The molecule has 0 aliphatic carbocycles. The van der Waals surface area contributed by atoms with Crippen LogP contribution in [0, 0.1) is 0 Å². The number of rotatable bonds is 7. The molecule has 0 radical (unpaired) electrons. The van der Waals surface area contributed by atoms with E-state index in [2.05, 4.69) is 34.2 Å². The van der Waals surface area contributed by atoms with E-state index in [0.29, 0.717) is 36.4 Å². The van der Waals surface area contributed by atoms with Gasteiger partial charge in [-0.25, -0.2) is 4.98 Å². The zero-order valence-corrected chi connectivity index (χ0v) is 19.8. The third-order valence-corrected chi connectivity index (χ3v) is 6.30. The summed E-state index contributed by atoms with van der Waals surface area (Å²) in [6, 6.07) is 17.6. The summed E-state index contributed by atoms with van der Waals surface area (Å²) in [4.78, 5) is 8.19. The molecule has 0 unspecified atom stereocenters. The molecule has 1 aliphatic rings. The summed E-state index contributed by atoms with van der Waals surface area (Å²) in [5, 5.41) is 1.04. The molecule has 0 bridgehead atoms. The fraction of sp³-hybridized carbons (Fsp3) is 0.231. The quantitative estimate of drug-likeness (QED) is 0.327. The summed E-state index contributed by atoms with van der Waals surface area (Å²) in [6.45, 7) is 1.59. The minimum atomic E-state index is -1.06. The van der Waals surface area contributed by atoms with Crippen LogP contribution in [0.25, 0.3) is 11.1 Å². The molecule has 0 amide bonds. The zero-order chi connectivity index (χ0) is 23.4. The Hall–Kier alpha value is -2.74. The van der Waals surface area contributed by atoms with Crippen molar-refractivity contribution in [3.63, 3.8) is 0 Å². The molecule has 6 nitrogen and oxygen atoms in total. The molecule has 3 heterocycles. The lowest BCUT2D eigenvalue weighted by Crippen LogP contribution is -2.47. The second kappa shape index (κ2) is 10.3. The first-order valence-electron chi connectivity index (χ1n) is 10.9. The van der Waals surface area contributed by atoms with Crippen molar-refractivity contribution in [1.82, 2.24) is 14.5 Å². The maximum absolute atomic E-state index is 6.52. The topological polar surface area (TPSA) is 58.4 Å². The predicted octanol–water partition coefficient (Wildman–Crippen LogP) is 5.74. The molecule has 174 valence electrons. The Kier molecular flexibility index (Phi) is 6.94. The molecule has 0 atom stereocenters. The molecule has 8 heteroatoms. The van der Waals surface area contributed by atoms with Crippen LogP contribution in [-0.2, 0) is 33.1 Å². The number of pyridine rings is 1. The molecule has 0 spiro atoms. The third-order valence-electron chi connectivity index (χ3n) is 5.75. The third kappa shape index (κ3) is 5.17. The van der Waals surface area contributed by atoms with Crippen molar-refractivity contribution in [3.8, 4) is 11.1 Å². The van der Waals surface area contributed by atoms with E-state index < -0.39 is 5.79 Å². The fourth-order valence-corrected chi connectivity index (χ4v) is 4.50. The maximum Gasteiger partial charge on any atom is 0.215 e. The number of hydrogen-bond acceptors (Lipinski definition) is 5. The van der Waals surface area contributed by atoms with Gasteiger partial charge in [0.15, 0.2) is 0 Å². The van der Waals surface area contributed by atoms with Gasteiger partial charge in [0.25, 0.3) is 0 Å². The van der Waals surface area contributed by atoms with Gasteiger partial charge in [0.05, 0.1) is 37.7 Å².